The third kappa shape index (κ3) is 3.17. The Balaban J connectivity index is 1.81. The Hall–Kier alpha value is -0.860. The van der Waals surface area contributed by atoms with Crippen LogP contribution >= 0.6 is 0 Å². The number of rotatable bonds is 5. The van der Waals surface area contributed by atoms with Crippen LogP contribution < -0.4 is 5.32 Å². The van der Waals surface area contributed by atoms with Gasteiger partial charge in [0, 0.05) is 25.7 Å². The number of hydrogen-bond donors (Lipinski definition) is 1. The second-order valence-corrected chi connectivity index (χ2v) is 7.36. The van der Waals surface area contributed by atoms with Crippen LogP contribution in [0.2, 0.25) is 0 Å². The summed E-state index contributed by atoms with van der Waals surface area (Å²) in [5.41, 5.74) is 1.61. The summed E-state index contributed by atoms with van der Waals surface area (Å²) >= 11 is 0. The summed E-state index contributed by atoms with van der Waals surface area (Å²) in [4.78, 5) is 2.77. The lowest BCUT2D eigenvalue weighted by Crippen LogP contribution is -2.63. The summed E-state index contributed by atoms with van der Waals surface area (Å²) in [5.74, 6) is 1.70. The molecule has 1 saturated heterocycles. The van der Waals surface area contributed by atoms with Crippen LogP contribution in [0.1, 0.15) is 45.6 Å². The first kappa shape index (κ1) is 15.1. The lowest BCUT2D eigenvalue weighted by molar-refractivity contribution is 0.0325. The predicted octanol–water partition coefficient (Wildman–Crippen LogP) is 3.63. The van der Waals surface area contributed by atoms with Crippen molar-refractivity contribution in [3.05, 3.63) is 35.9 Å². The second kappa shape index (κ2) is 6.10. The zero-order valence-electron chi connectivity index (χ0n) is 13.8. The van der Waals surface area contributed by atoms with E-state index in [1.165, 1.54) is 37.9 Å². The van der Waals surface area contributed by atoms with Crippen molar-refractivity contribution in [2.45, 2.75) is 51.6 Å². The first-order valence-electron chi connectivity index (χ1n) is 8.67. The van der Waals surface area contributed by atoms with Crippen LogP contribution in [0, 0.1) is 11.8 Å². The predicted molar refractivity (Wildman–Crippen MR) is 89.3 cm³/mol. The Morgan fingerprint density at radius 1 is 1.29 bits per heavy atom. The zero-order valence-corrected chi connectivity index (χ0v) is 13.8. The van der Waals surface area contributed by atoms with Gasteiger partial charge in [0.1, 0.15) is 0 Å². The van der Waals surface area contributed by atoms with Crippen molar-refractivity contribution >= 4 is 0 Å². The molecule has 0 amide bonds. The fraction of sp³-hybridized carbons (Fsp3) is 0.684. The van der Waals surface area contributed by atoms with Gasteiger partial charge in [0.05, 0.1) is 5.54 Å². The molecule has 1 aromatic carbocycles. The van der Waals surface area contributed by atoms with E-state index >= 15 is 0 Å². The number of piperazine rings is 1. The first-order chi connectivity index (χ1) is 10.1. The van der Waals surface area contributed by atoms with E-state index in [9.17, 15) is 0 Å². The summed E-state index contributed by atoms with van der Waals surface area (Å²) in [6.45, 7) is 10.7. The molecule has 21 heavy (non-hydrogen) atoms. The zero-order chi connectivity index (χ0) is 14.9. The molecule has 2 heteroatoms. The van der Waals surface area contributed by atoms with Crippen molar-refractivity contribution in [2.24, 2.45) is 11.8 Å². The molecule has 0 bridgehead atoms. The Bertz CT molecular complexity index is 454. The van der Waals surface area contributed by atoms with E-state index in [1.807, 2.05) is 0 Å². The molecule has 1 heterocycles. The lowest BCUT2D eigenvalue weighted by atomic mass is 9.84. The van der Waals surface area contributed by atoms with E-state index in [0.29, 0.717) is 6.04 Å². The Labute approximate surface area is 129 Å². The van der Waals surface area contributed by atoms with Crippen molar-refractivity contribution in [3.63, 3.8) is 0 Å². The molecule has 1 N–H and O–H groups in total. The number of nitrogens with zero attached hydrogens (tertiary/aromatic N) is 1. The van der Waals surface area contributed by atoms with Crippen molar-refractivity contribution in [1.82, 2.24) is 10.2 Å². The molecule has 1 aliphatic heterocycles. The molecule has 1 aromatic rings. The van der Waals surface area contributed by atoms with E-state index in [-0.39, 0.29) is 5.54 Å². The molecule has 2 aliphatic rings. The number of nitrogens with one attached hydrogen (secondary N) is 1. The van der Waals surface area contributed by atoms with Crippen LogP contribution in [0.15, 0.2) is 30.3 Å². The standard InChI is InChI=1S/C19H30N2/c1-4-15(2)18-13-21(12-16-10-11-16)19(3,14-20-18)17-8-6-5-7-9-17/h5-9,15-16,18,20H,4,10-14H2,1-3H3. The maximum atomic E-state index is 3.84. The minimum absolute atomic E-state index is 0.147. The molecular formula is C19H30N2. The van der Waals surface area contributed by atoms with E-state index in [0.717, 1.165) is 18.4 Å². The van der Waals surface area contributed by atoms with Gasteiger partial charge in [-0.2, -0.15) is 0 Å². The highest BCUT2D eigenvalue weighted by molar-refractivity contribution is 5.25. The average molecular weight is 286 g/mol. The van der Waals surface area contributed by atoms with Crippen LogP contribution in [-0.2, 0) is 5.54 Å². The lowest BCUT2D eigenvalue weighted by Gasteiger charge is -2.50. The maximum Gasteiger partial charge on any atom is 0.0558 e. The molecule has 3 atom stereocenters. The van der Waals surface area contributed by atoms with E-state index in [2.05, 4.69) is 61.3 Å². The fourth-order valence-electron chi connectivity index (χ4n) is 3.58. The smallest absolute Gasteiger partial charge is 0.0558 e. The van der Waals surface area contributed by atoms with E-state index < -0.39 is 0 Å². The molecule has 3 rings (SSSR count). The molecule has 1 saturated carbocycles. The average Bonchev–Trinajstić information content (AvgIpc) is 3.33. The Kier molecular flexibility index (Phi) is 4.37. The van der Waals surface area contributed by atoms with Gasteiger partial charge in [-0.1, -0.05) is 50.6 Å². The normalized spacial score (nSPS) is 32.0. The SMILES string of the molecule is CCC(C)C1CN(CC2CC2)C(C)(c2ccccc2)CN1. The van der Waals surface area contributed by atoms with E-state index in [4.69, 9.17) is 0 Å². The number of benzene rings is 1. The monoisotopic (exact) mass is 286 g/mol. The third-order valence-corrected chi connectivity index (χ3v) is 5.73. The second-order valence-electron chi connectivity index (χ2n) is 7.36. The summed E-state index contributed by atoms with van der Waals surface area (Å²) in [6.07, 6.45) is 4.13. The third-order valence-electron chi connectivity index (χ3n) is 5.73. The Morgan fingerprint density at radius 3 is 2.62 bits per heavy atom. The summed E-state index contributed by atoms with van der Waals surface area (Å²) in [5, 5.41) is 3.84. The molecule has 116 valence electrons. The van der Waals surface area contributed by atoms with Crippen molar-refractivity contribution in [3.8, 4) is 0 Å². The first-order valence-corrected chi connectivity index (χ1v) is 8.67. The molecular weight excluding hydrogens is 256 g/mol. The van der Waals surface area contributed by atoms with Gasteiger partial charge in [-0.05, 0) is 37.2 Å². The highest BCUT2D eigenvalue weighted by Crippen LogP contribution is 2.37. The van der Waals surface area contributed by atoms with Gasteiger partial charge in [0.15, 0.2) is 0 Å². The molecule has 0 spiro atoms. The van der Waals surface area contributed by atoms with Gasteiger partial charge < -0.3 is 5.32 Å². The topological polar surface area (TPSA) is 15.3 Å². The molecule has 1 aliphatic carbocycles. The Morgan fingerprint density at radius 2 is 2.00 bits per heavy atom. The molecule has 3 unspecified atom stereocenters. The van der Waals surface area contributed by atoms with Crippen molar-refractivity contribution in [1.29, 1.82) is 0 Å². The minimum atomic E-state index is 0.147. The summed E-state index contributed by atoms with van der Waals surface area (Å²) in [6, 6.07) is 11.7. The maximum absolute atomic E-state index is 3.84. The highest BCUT2D eigenvalue weighted by Gasteiger charge is 2.42. The van der Waals surface area contributed by atoms with Crippen LogP contribution in [0.3, 0.4) is 0 Å². The quantitative estimate of drug-likeness (QED) is 0.889. The molecule has 0 aromatic heterocycles. The summed E-state index contributed by atoms with van der Waals surface area (Å²) in [7, 11) is 0. The van der Waals surface area contributed by atoms with Gasteiger partial charge in [0.2, 0.25) is 0 Å². The van der Waals surface area contributed by atoms with Crippen LogP contribution in [-0.4, -0.2) is 30.6 Å². The van der Waals surface area contributed by atoms with Gasteiger partial charge in [0.25, 0.3) is 0 Å². The highest BCUT2D eigenvalue weighted by atomic mass is 15.3. The minimum Gasteiger partial charge on any atom is -0.310 e. The van der Waals surface area contributed by atoms with E-state index in [1.54, 1.807) is 0 Å². The summed E-state index contributed by atoms with van der Waals surface area (Å²) < 4.78 is 0. The fourth-order valence-corrected chi connectivity index (χ4v) is 3.58. The van der Waals surface area contributed by atoms with Crippen LogP contribution in [0.4, 0.5) is 0 Å². The molecule has 2 nitrogen and oxygen atoms in total. The van der Waals surface area contributed by atoms with Gasteiger partial charge >= 0.3 is 0 Å². The van der Waals surface area contributed by atoms with Crippen LogP contribution in [0.5, 0.6) is 0 Å². The van der Waals surface area contributed by atoms with Crippen molar-refractivity contribution < 1.29 is 0 Å². The van der Waals surface area contributed by atoms with Gasteiger partial charge in [-0.25, -0.2) is 0 Å². The molecule has 0 radical (unpaired) electrons. The van der Waals surface area contributed by atoms with Gasteiger partial charge in [-0.15, -0.1) is 0 Å². The number of hydrogen-bond acceptors (Lipinski definition) is 2. The largest absolute Gasteiger partial charge is 0.310 e. The molecule has 2 fully saturated rings. The van der Waals surface area contributed by atoms with Crippen LogP contribution in [0.25, 0.3) is 0 Å². The van der Waals surface area contributed by atoms with Gasteiger partial charge in [-0.3, -0.25) is 4.90 Å². The van der Waals surface area contributed by atoms with Crippen molar-refractivity contribution in [2.75, 3.05) is 19.6 Å².